The van der Waals surface area contributed by atoms with E-state index in [0.717, 1.165) is 7.11 Å². The van der Waals surface area contributed by atoms with Crippen LogP contribution in [0.4, 0.5) is 13.2 Å². The minimum absolute atomic E-state index is 0.203. The lowest BCUT2D eigenvalue weighted by Crippen LogP contribution is -2.12. The molecule has 0 aliphatic rings. The number of esters is 1. The van der Waals surface area contributed by atoms with Crippen LogP contribution in [0.3, 0.4) is 0 Å². The number of hydrogen-bond acceptors (Lipinski definition) is 4. The molecule has 1 heterocycles. The predicted octanol–water partition coefficient (Wildman–Crippen LogP) is 3.15. The van der Waals surface area contributed by atoms with E-state index in [-0.39, 0.29) is 5.56 Å². The Bertz CT molecular complexity index is 590. The van der Waals surface area contributed by atoms with Gasteiger partial charge in [-0.25, -0.2) is 4.79 Å². The van der Waals surface area contributed by atoms with E-state index in [9.17, 15) is 18.0 Å². The number of hydrogen-bond donors (Lipinski definition) is 0. The number of methoxy groups -OCH3 is 1. The SMILES string of the molecule is COC(=O)c1onc(-c2ccccc2)c1C(F)(F)F. The summed E-state index contributed by atoms with van der Waals surface area (Å²) in [6.45, 7) is 0. The van der Waals surface area contributed by atoms with Crippen LogP contribution in [0.25, 0.3) is 11.3 Å². The molecule has 0 saturated heterocycles. The van der Waals surface area contributed by atoms with E-state index in [0.29, 0.717) is 0 Å². The molecule has 0 amide bonds. The number of alkyl halides is 3. The van der Waals surface area contributed by atoms with Gasteiger partial charge in [-0.3, -0.25) is 0 Å². The van der Waals surface area contributed by atoms with Crippen LogP contribution in [0.1, 0.15) is 16.1 Å². The van der Waals surface area contributed by atoms with Crippen LogP contribution in [0.15, 0.2) is 34.9 Å². The van der Waals surface area contributed by atoms with Crippen LogP contribution in [0.5, 0.6) is 0 Å². The Hall–Kier alpha value is -2.31. The van der Waals surface area contributed by atoms with Crippen molar-refractivity contribution in [3.8, 4) is 11.3 Å². The molecule has 0 bridgehead atoms. The van der Waals surface area contributed by atoms with E-state index < -0.39 is 29.2 Å². The molecule has 19 heavy (non-hydrogen) atoms. The van der Waals surface area contributed by atoms with Crippen molar-refractivity contribution in [1.29, 1.82) is 0 Å². The number of ether oxygens (including phenoxy) is 1. The predicted molar refractivity (Wildman–Crippen MR) is 58.3 cm³/mol. The van der Waals surface area contributed by atoms with Gasteiger partial charge < -0.3 is 9.26 Å². The highest BCUT2D eigenvalue weighted by Crippen LogP contribution is 2.39. The summed E-state index contributed by atoms with van der Waals surface area (Å²) < 4.78 is 47.8. The van der Waals surface area contributed by atoms with Gasteiger partial charge in [0.25, 0.3) is 5.76 Å². The molecule has 4 nitrogen and oxygen atoms in total. The highest BCUT2D eigenvalue weighted by atomic mass is 19.4. The van der Waals surface area contributed by atoms with E-state index in [2.05, 4.69) is 14.4 Å². The smallest absolute Gasteiger partial charge is 0.422 e. The third-order valence-electron chi connectivity index (χ3n) is 2.39. The molecule has 0 atom stereocenters. The molecular weight excluding hydrogens is 263 g/mol. The zero-order valence-corrected chi connectivity index (χ0v) is 9.69. The quantitative estimate of drug-likeness (QED) is 0.787. The molecule has 1 aromatic carbocycles. The summed E-state index contributed by atoms with van der Waals surface area (Å²) in [6.07, 6.45) is -4.77. The Morgan fingerprint density at radius 3 is 2.42 bits per heavy atom. The summed E-state index contributed by atoms with van der Waals surface area (Å²) in [4.78, 5) is 11.3. The number of rotatable bonds is 2. The van der Waals surface area contributed by atoms with Gasteiger partial charge in [0.15, 0.2) is 0 Å². The van der Waals surface area contributed by atoms with Gasteiger partial charge in [-0.15, -0.1) is 0 Å². The number of halogens is 3. The second-order valence-corrected chi connectivity index (χ2v) is 3.59. The maximum Gasteiger partial charge on any atom is 0.422 e. The topological polar surface area (TPSA) is 52.3 Å². The van der Waals surface area contributed by atoms with Crippen molar-refractivity contribution in [3.63, 3.8) is 0 Å². The van der Waals surface area contributed by atoms with Crippen molar-refractivity contribution in [2.24, 2.45) is 0 Å². The Labute approximate surface area is 105 Å². The van der Waals surface area contributed by atoms with Gasteiger partial charge >= 0.3 is 12.1 Å². The molecule has 0 radical (unpaired) electrons. The van der Waals surface area contributed by atoms with Crippen molar-refractivity contribution >= 4 is 5.97 Å². The van der Waals surface area contributed by atoms with Gasteiger partial charge in [0.2, 0.25) is 0 Å². The largest absolute Gasteiger partial charge is 0.463 e. The molecule has 0 fully saturated rings. The maximum atomic E-state index is 13.0. The van der Waals surface area contributed by atoms with Crippen LogP contribution >= 0.6 is 0 Å². The summed E-state index contributed by atoms with van der Waals surface area (Å²) in [5.41, 5.74) is -1.47. The monoisotopic (exact) mass is 271 g/mol. The number of benzene rings is 1. The van der Waals surface area contributed by atoms with Crippen LogP contribution < -0.4 is 0 Å². The number of nitrogens with zero attached hydrogens (tertiary/aromatic N) is 1. The van der Waals surface area contributed by atoms with Gasteiger partial charge in [0, 0.05) is 5.56 Å². The van der Waals surface area contributed by atoms with E-state index in [1.54, 1.807) is 18.2 Å². The summed E-state index contributed by atoms with van der Waals surface area (Å²) in [6, 6.07) is 7.64. The van der Waals surface area contributed by atoms with E-state index in [1.807, 2.05) is 0 Å². The average molecular weight is 271 g/mol. The number of carbonyl (C=O) groups is 1. The molecule has 0 N–H and O–H groups in total. The Morgan fingerprint density at radius 2 is 1.89 bits per heavy atom. The fraction of sp³-hybridized carbons (Fsp3) is 0.167. The molecule has 0 unspecified atom stereocenters. The fourth-order valence-electron chi connectivity index (χ4n) is 1.58. The molecule has 0 spiro atoms. The molecule has 0 saturated carbocycles. The third-order valence-corrected chi connectivity index (χ3v) is 2.39. The molecule has 0 aliphatic carbocycles. The second kappa shape index (κ2) is 4.75. The van der Waals surface area contributed by atoms with Crippen molar-refractivity contribution in [2.45, 2.75) is 6.18 Å². The first-order chi connectivity index (χ1) is 8.95. The fourth-order valence-corrected chi connectivity index (χ4v) is 1.58. The zero-order chi connectivity index (χ0) is 14.0. The van der Waals surface area contributed by atoms with E-state index in [4.69, 9.17) is 0 Å². The first-order valence-electron chi connectivity index (χ1n) is 5.15. The number of aromatic nitrogens is 1. The molecule has 1 aromatic heterocycles. The average Bonchev–Trinajstić information content (AvgIpc) is 2.83. The molecular formula is C12H8F3NO3. The first kappa shape index (κ1) is 13.1. The summed E-state index contributed by atoms with van der Waals surface area (Å²) in [5.74, 6) is -2.17. The highest BCUT2D eigenvalue weighted by Gasteiger charge is 2.43. The molecule has 7 heteroatoms. The van der Waals surface area contributed by atoms with Gasteiger partial charge in [-0.2, -0.15) is 13.2 Å². The maximum absolute atomic E-state index is 13.0. The minimum atomic E-state index is -4.77. The molecule has 0 aliphatic heterocycles. The Balaban J connectivity index is 2.64. The van der Waals surface area contributed by atoms with Crippen molar-refractivity contribution in [3.05, 3.63) is 41.7 Å². The number of carbonyl (C=O) groups excluding carboxylic acids is 1. The third kappa shape index (κ3) is 2.44. The van der Waals surface area contributed by atoms with Crippen LogP contribution in [0.2, 0.25) is 0 Å². The molecule has 2 rings (SSSR count). The van der Waals surface area contributed by atoms with E-state index >= 15 is 0 Å². The molecule has 100 valence electrons. The highest BCUT2D eigenvalue weighted by molar-refractivity contribution is 5.90. The van der Waals surface area contributed by atoms with Crippen LogP contribution in [-0.2, 0) is 10.9 Å². The van der Waals surface area contributed by atoms with Crippen molar-refractivity contribution < 1.29 is 27.2 Å². The zero-order valence-electron chi connectivity index (χ0n) is 9.69. The van der Waals surface area contributed by atoms with Gasteiger partial charge in [-0.1, -0.05) is 35.5 Å². The first-order valence-corrected chi connectivity index (χ1v) is 5.15. The van der Waals surface area contributed by atoms with Crippen molar-refractivity contribution in [1.82, 2.24) is 5.16 Å². The summed E-state index contributed by atoms with van der Waals surface area (Å²) >= 11 is 0. The lowest BCUT2D eigenvalue weighted by molar-refractivity contribution is -0.138. The standard InChI is InChI=1S/C12H8F3NO3/c1-18-11(17)10-8(12(13,14)15)9(16-19-10)7-5-3-2-4-6-7/h2-6H,1H3. The van der Waals surface area contributed by atoms with Crippen LogP contribution in [-0.4, -0.2) is 18.2 Å². The van der Waals surface area contributed by atoms with Gasteiger partial charge in [0.05, 0.1) is 7.11 Å². The normalized spacial score (nSPS) is 11.4. The van der Waals surface area contributed by atoms with Gasteiger partial charge in [-0.05, 0) is 0 Å². The summed E-state index contributed by atoms with van der Waals surface area (Å²) in [7, 11) is 0.965. The Kier molecular flexibility index (Phi) is 3.28. The minimum Gasteiger partial charge on any atom is -0.463 e. The lowest BCUT2D eigenvalue weighted by Gasteiger charge is -2.07. The Morgan fingerprint density at radius 1 is 1.26 bits per heavy atom. The molecule has 2 aromatic rings. The van der Waals surface area contributed by atoms with Crippen molar-refractivity contribution in [2.75, 3.05) is 7.11 Å². The lowest BCUT2D eigenvalue weighted by atomic mass is 10.1. The summed E-state index contributed by atoms with van der Waals surface area (Å²) in [5, 5.41) is 3.33. The van der Waals surface area contributed by atoms with Gasteiger partial charge in [0.1, 0.15) is 11.3 Å². The van der Waals surface area contributed by atoms with Crippen LogP contribution in [0, 0.1) is 0 Å². The second-order valence-electron chi connectivity index (χ2n) is 3.59. The van der Waals surface area contributed by atoms with E-state index in [1.165, 1.54) is 12.1 Å².